The van der Waals surface area contributed by atoms with Crippen LogP contribution in [-0.4, -0.2) is 21.7 Å². The molecule has 1 amide bonds. The summed E-state index contributed by atoms with van der Waals surface area (Å²) < 4.78 is 78.1. The van der Waals surface area contributed by atoms with Gasteiger partial charge in [-0.05, 0) is 56.2 Å². The summed E-state index contributed by atoms with van der Waals surface area (Å²) in [5, 5.41) is 5.41. The lowest BCUT2D eigenvalue weighted by Crippen LogP contribution is -2.33. The molecule has 6 nitrogen and oxygen atoms in total. The fraction of sp³-hybridized carbons (Fsp3) is 0.308. The molecule has 0 saturated heterocycles. The number of hydrogen-bond donors (Lipinski definition) is 2. The van der Waals surface area contributed by atoms with Crippen LogP contribution in [0.1, 0.15) is 52.1 Å². The number of amides is 1. The zero-order valence-corrected chi connectivity index (χ0v) is 20.0. The van der Waals surface area contributed by atoms with Crippen LogP contribution in [0.2, 0.25) is 0 Å². The highest BCUT2D eigenvalue weighted by molar-refractivity contribution is 6.00. The maximum atomic E-state index is 13.3. The molecule has 1 aliphatic rings. The molecule has 2 aromatic heterocycles. The molecule has 2 N–H and O–H groups in total. The number of nitrogens with one attached hydrogen (secondary N) is 2. The molecule has 0 spiro atoms. The van der Waals surface area contributed by atoms with E-state index in [0.717, 1.165) is 24.4 Å². The van der Waals surface area contributed by atoms with Crippen molar-refractivity contribution in [1.82, 2.24) is 15.3 Å². The monoisotopic (exact) mass is 536 g/mol. The van der Waals surface area contributed by atoms with Crippen molar-refractivity contribution in [3.05, 3.63) is 82.9 Å². The third-order valence-electron chi connectivity index (χ3n) is 6.22. The van der Waals surface area contributed by atoms with Crippen LogP contribution >= 0.6 is 0 Å². The number of Topliss-reactive ketones (excluding diaryl/α,β-unsaturated/α-hetero) is 1. The smallest absolute Gasteiger partial charge is 0.354 e. The summed E-state index contributed by atoms with van der Waals surface area (Å²) in [5.41, 5.74) is -1.74. The number of nitrogens with zero attached hydrogens (tertiary/aromatic N) is 2. The number of ketones is 1. The molecule has 4 rings (SSSR count). The van der Waals surface area contributed by atoms with Crippen LogP contribution in [0.3, 0.4) is 0 Å². The number of aryl methyl sites for hydroxylation is 1. The van der Waals surface area contributed by atoms with E-state index in [1.54, 1.807) is 19.1 Å². The molecule has 1 aliphatic carbocycles. The topological polar surface area (TPSA) is 84.0 Å². The maximum Gasteiger partial charge on any atom is 0.433 e. The van der Waals surface area contributed by atoms with E-state index in [2.05, 4.69) is 20.6 Å². The number of aromatic nitrogens is 2. The first-order valence-corrected chi connectivity index (χ1v) is 11.5. The fourth-order valence-corrected chi connectivity index (χ4v) is 3.89. The van der Waals surface area contributed by atoms with Crippen LogP contribution in [0.4, 0.5) is 37.7 Å². The second-order valence-electron chi connectivity index (χ2n) is 9.20. The van der Waals surface area contributed by atoms with E-state index in [-0.39, 0.29) is 30.1 Å². The van der Waals surface area contributed by atoms with Crippen molar-refractivity contribution in [3.63, 3.8) is 0 Å². The van der Waals surface area contributed by atoms with Crippen LogP contribution in [0.5, 0.6) is 0 Å². The number of anilines is 2. The van der Waals surface area contributed by atoms with Gasteiger partial charge in [0.2, 0.25) is 5.91 Å². The lowest BCUT2D eigenvalue weighted by atomic mass is 9.95. The lowest BCUT2D eigenvalue weighted by molar-refractivity contribution is -0.141. The Morgan fingerprint density at radius 2 is 1.66 bits per heavy atom. The number of rotatable bonds is 8. The number of pyridine rings is 2. The van der Waals surface area contributed by atoms with Gasteiger partial charge in [0.15, 0.2) is 5.78 Å². The van der Waals surface area contributed by atoms with Gasteiger partial charge >= 0.3 is 12.4 Å². The third kappa shape index (κ3) is 6.29. The highest BCUT2D eigenvalue weighted by Crippen LogP contribution is 2.49. The molecule has 38 heavy (non-hydrogen) atoms. The van der Waals surface area contributed by atoms with Gasteiger partial charge in [-0.3, -0.25) is 19.6 Å². The zero-order valence-electron chi connectivity index (χ0n) is 20.0. The Bertz CT molecular complexity index is 1330. The summed E-state index contributed by atoms with van der Waals surface area (Å²) in [6.45, 7) is 1.59. The molecule has 0 aliphatic heterocycles. The van der Waals surface area contributed by atoms with Crippen molar-refractivity contribution < 1.29 is 35.9 Å². The SMILES string of the molecule is Cc1ccc(Nc2ccc(CNC(=O)C3(CC(=O)c4ccc(C(F)(F)F)nc4)CC3)nc2)c(C(F)(F)F)c1. The predicted octanol–water partition coefficient (Wildman–Crippen LogP) is 6.24. The van der Waals surface area contributed by atoms with Crippen molar-refractivity contribution in [2.75, 3.05) is 5.32 Å². The largest absolute Gasteiger partial charge is 0.433 e. The number of carbonyl (C=O) groups excluding carboxylic acids is 2. The molecule has 12 heteroatoms. The summed E-state index contributed by atoms with van der Waals surface area (Å²) in [6, 6.07) is 8.78. The van der Waals surface area contributed by atoms with Crippen LogP contribution in [0, 0.1) is 12.3 Å². The van der Waals surface area contributed by atoms with Crippen LogP contribution in [0.15, 0.2) is 54.9 Å². The number of hydrogen-bond acceptors (Lipinski definition) is 5. The molecule has 0 unspecified atom stereocenters. The van der Waals surface area contributed by atoms with Crippen molar-refractivity contribution in [1.29, 1.82) is 0 Å². The Balaban J connectivity index is 1.34. The quantitative estimate of drug-likeness (QED) is 0.263. The van der Waals surface area contributed by atoms with Gasteiger partial charge in [0.05, 0.1) is 40.8 Å². The van der Waals surface area contributed by atoms with Gasteiger partial charge in [0.25, 0.3) is 0 Å². The summed E-state index contributed by atoms with van der Waals surface area (Å²) in [7, 11) is 0. The minimum Gasteiger partial charge on any atom is -0.354 e. The minimum atomic E-state index is -4.62. The standard InChI is InChI=1S/C26H22F6N4O2/c1-15-2-6-20(19(10-15)25(27,28)29)36-18-5-4-17(33-14-18)13-35-23(38)24(8-9-24)11-21(37)16-3-7-22(34-12-16)26(30,31)32/h2-7,10,12,14,36H,8-9,11,13H2,1H3,(H,35,38). The van der Waals surface area contributed by atoms with E-state index in [0.29, 0.717) is 29.8 Å². The maximum absolute atomic E-state index is 13.3. The number of halogens is 6. The minimum absolute atomic E-state index is 0.0101. The van der Waals surface area contributed by atoms with Crippen LogP contribution < -0.4 is 10.6 Å². The number of alkyl halides is 6. The van der Waals surface area contributed by atoms with Crippen molar-refractivity contribution >= 4 is 23.1 Å². The normalized spacial score (nSPS) is 14.6. The Morgan fingerprint density at radius 3 is 2.21 bits per heavy atom. The molecule has 2 heterocycles. The number of carbonyl (C=O) groups is 2. The highest BCUT2D eigenvalue weighted by atomic mass is 19.4. The zero-order chi connectivity index (χ0) is 27.7. The molecule has 0 bridgehead atoms. The molecule has 1 aromatic carbocycles. The van der Waals surface area contributed by atoms with Crippen LogP contribution in [-0.2, 0) is 23.7 Å². The Morgan fingerprint density at radius 1 is 0.921 bits per heavy atom. The number of benzene rings is 1. The van der Waals surface area contributed by atoms with Crippen molar-refractivity contribution in [2.45, 2.75) is 45.1 Å². The van der Waals surface area contributed by atoms with Gasteiger partial charge in [-0.2, -0.15) is 26.3 Å². The van der Waals surface area contributed by atoms with Gasteiger partial charge < -0.3 is 10.6 Å². The molecule has 1 fully saturated rings. The van der Waals surface area contributed by atoms with Crippen molar-refractivity contribution in [3.8, 4) is 0 Å². The third-order valence-corrected chi connectivity index (χ3v) is 6.22. The molecule has 3 aromatic rings. The average molecular weight is 536 g/mol. The first-order chi connectivity index (χ1) is 17.8. The fourth-order valence-electron chi connectivity index (χ4n) is 3.89. The Labute approximate surface area is 213 Å². The summed E-state index contributed by atoms with van der Waals surface area (Å²) in [4.78, 5) is 32.7. The molecule has 0 radical (unpaired) electrons. The first kappa shape index (κ1) is 27.1. The van der Waals surface area contributed by atoms with E-state index < -0.39 is 34.8 Å². The van der Waals surface area contributed by atoms with Crippen LogP contribution in [0.25, 0.3) is 0 Å². The van der Waals surface area contributed by atoms with Gasteiger partial charge in [-0.1, -0.05) is 11.6 Å². The predicted molar refractivity (Wildman–Crippen MR) is 125 cm³/mol. The van der Waals surface area contributed by atoms with E-state index in [1.165, 1.54) is 18.3 Å². The van der Waals surface area contributed by atoms with Gasteiger partial charge in [0.1, 0.15) is 5.69 Å². The highest BCUT2D eigenvalue weighted by Gasteiger charge is 2.51. The van der Waals surface area contributed by atoms with E-state index >= 15 is 0 Å². The summed E-state index contributed by atoms with van der Waals surface area (Å²) in [6.07, 6.45) is -6.22. The Kier molecular flexibility index (Phi) is 7.18. The Hall–Kier alpha value is -3.96. The second kappa shape index (κ2) is 10.1. The van der Waals surface area contributed by atoms with E-state index in [1.807, 2.05) is 0 Å². The lowest BCUT2D eigenvalue weighted by Gasteiger charge is -2.16. The van der Waals surface area contributed by atoms with Crippen molar-refractivity contribution in [2.24, 2.45) is 5.41 Å². The summed E-state index contributed by atoms with van der Waals surface area (Å²) in [5.74, 6) is -0.869. The van der Waals surface area contributed by atoms with Gasteiger partial charge in [-0.25, -0.2) is 0 Å². The first-order valence-electron chi connectivity index (χ1n) is 11.5. The van der Waals surface area contributed by atoms with E-state index in [4.69, 9.17) is 0 Å². The summed E-state index contributed by atoms with van der Waals surface area (Å²) >= 11 is 0. The van der Waals surface area contributed by atoms with Gasteiger partial charge in [-0.15, -0.1) is 0 Å². The second-order valence-corrected chi connectivity index (χ2v) is 9.20. The molecular weight excluding hydrogens is 514 g/mol. The van der Waals surface area contributed by atoms with Gasteiger partial charge in [0, 0.05) is 18.2 Å². The molecule has 200 valence electrons. The van der Waals surface area contributed by atoms with E-state index in [9.17, 15) is 35.9 Å². The molecule has 1 saturated carbocycles. The molecular formula is C26H22F6N4O2. The average Bonchev–Trinajstić information content (AvgIpc) is 3.64. The molecule has 0 atom stereocenters.